The highest BCUT2D eigenvalue weighted by atomic mass is 32.2. The van der Waals surface area contributed by atoms with Crippen molar-refractivity contribution < 1.29 is 4.21 Å². The summed E-state index contributed by atoms with van der Waals surface area (Å²) >= 11 is 0. The quantitative estimate of drug-likeness (QED) is 0.838. The smallest absolute Gasteiger partial charge is 0.0393 e. The lowest BCUT2D eigenvalue weighted by molar-refractivity contribution is 0.271. The summed E-state index contributed by atoms with van der Waals surface area (Å²) in [6.07, 6.45) is 12.6. The lowest BCUT2D eigenvalue weighted by Crippen LogP contribution is -2.41. The monoisotopic (exact) mass is 285 g/mol. The zero-order valence-electron chi connectivity index (χ0n) is 12.5. The van der Waals surface area contributed by atoms with Gasteiger partial charge in [0, 0.05) is 21.3 Å². The minimum atomic E-state index is -0.627. The van der Waals surface area contributed by atoms with Gasteiger partial charge in [-0.15, -0.1) is 0 Å². The van der Waals surface area contributed by atoms with E-state index in [2.05, 4.69) is 6.92 Å². The number of hydrogen-bond donors (Lipinski definition) is 1. The van der Waals surface area contributed by atoms with Crippen molar-refractivity contribution in [2.75, 3.05) is 6.54 Å². The Kier molecular flexibility index (Phi) is 6.34. The lowest BCUT2D eigenvalue weighted by atomic mass is 9.80. The van der Waals surface area contributed by atoms with Crippen LogP contribution in [0.4, 0.5) is 0 Å². The first-order valence-corrected chi connectivity index (χ1v) is 9.63. The maximum Gasteiger partial charge on any atom is 0.0393 e. The standard InChI is InChI=1S/C16H31NOS/c1-2-6-13-9-10-14(12-17)16(11-13)19(18)15-7-4-3-5-8-15/h13-16H,2-12,17H2,1H3. The van der Waals surface area contributed by atoms with Crippen molar-refractivity contribution in [1.29, 1.82) is 0 Å². The molecule has 2 nitrogen and oxygen atoms in total. The van der Waals surface area contributed by atoms with Crippen LogP contribution in [-0.2, 0) is 10.8 Å². The van der Waals surface area contributed by atoms with E-state index >= 15 is 0 Å². The minimum Gasteiger partial charge on any atom is -0.330 e. The van der Waals surface area contributed by atoms with Crippen molar-refractivity contribution >= 4 is 10.8 Å². The molecule has 0 aromatic heterocycles. The molecule has 2 N–H and O–H groups in total. The third-order valence-electron chi connectivity index (χ3n) is 5.22. The average molecular weight is 285 g/mol. The summed E-state index contributed by atoms with van der Waals surface area (Å²) in [6, 6.07) is 0. The maximum atomic E-state index is 12.9. The Balaban J connectivity index is 1.98. The summed E-state index contributed by atoms with van der Waals surface area (Å²) in [5, 5.41) is 0.881. The third kappa shape index (κ3) is 4.04. The van der Waals surface area contributed by atoms with E-state index in [-0.39, 0.29) is 0 Å². The SMILES string of the molecule is CCCC1CCC(CN)C(S(=O)C2CCCCC2)C1. The molecule has 2 fully saturated rings. The van der Waals surface area contributed by atoms with Gasteiger partial charge in [0.25, 0.3) is 0 Å². The van der Waals surface area contributed by atoms with E-state index in [0.29, 0.717) is 16.4 Å². The molecule has 3 heteroatoms. The van der Waals surface area contributed by atoms with E-state index in [9.17, 15) is 4.21 Å². The topological polar surface area (TPSA) is 43.1 Å². The minimum absolute atomic E-state index is 0.401. The second-order valence-electron chi connectivity index (χ2n) is 6.59. The van der Waals surface area contributed by atoms with Crippen molar-refractivity contribution in [3.63, 3.8) is 0 Å². The van der Waals surface area contributed by atoms with Crippen LogP contribution in [0.1, 0.15) is 71.1 Å². The molecule has 0 spiro atoms. The van der Waals surface area contributed by atoms with E-state index in [1.165, 1.54) is 64.2 Å². The first-order chi connectivity index (χ1) is 9.26. The van der Waals surface area contributed by atoms with E-state index in [0.717, 1.165) is 12.5 Å². The van der Waals surface area contributed by atoms with Crippen LogP contribution in [-0.4, -0.2) is 21.3 Å². The van der Waals surface area contributed by atoms with Gasteiger partial charge in [0.15, 0.2) is 0 Å². The van der Waals surface area contributed by atoms with Gasteiger partial charge in [-0.1, -0.05) is 45.4 Å². The maximum absolute atomic E-state index is 12.9. The Morgan fingerprint density at radius 2 is 1.84 bits per heavy atom. The lowest BCUT2D eigenvalue weighted by Gasteiger charge is -2.37. The normalized spacial score (nSPS) is 35.2. The second-order valence-corrected chi connectivity index (χ2v) is 8.52. The predicted molar refractivity (Wildman–Crippen MR) is 83.6 cm³/mol. The summed E-state index contributed by atoms with van der Waals surface area (Å²) in [4.78, 5) is 0. The molecule has 2 aliphatic rings. The molecule has 2 saturated carbocycles. The molecule has 0 aromatic rings. The van der Waals surface area contributed by atoms with Crippen molar-refractivity contribution in [2.24, 2.45) is 17.6 Å². The molecule has 0 aliphatic heterocycles. The molecule has 0 bridgehead atoms. The molecule has 2 aliphatic carbocycles. The van der Waals surface area contributed by atoms with Gasteiger partial charge in [-0.05, 0) is 44.1 Å². The van der Waals surface area contributed by atoms with Gasteiger partial charge in [-0.3, -0.25) is 4.21 Å². The highest BCUT2D eigenvalue weighted by Crippen LogP contribution is 2.37. The first kappa shape index (κ1) is 15.5. The van der Waals surface area contributed by atoms with Gasteiger partial charge in [0.2, 0.25) is 0 Å². The summed E-state index contributed by atoms with van der Waals surface area (Å²) in [5.74, 6) is 1.33. The fourth-order valence-electron chi connectivity index (χ4n) is 4.04. The van der Waals surface area contributed by atoms with Crippen molar-refractivity contribution in [2.45, 2.75) is 81.6 Å². The summed E-state index contributed by atoms with van der Waals surface area (Å²) in [5.41, 5.74) is 5.95. The zero-order chi connectivity index (χ0) is 13.7. The Bertz CT molecular complexity index is 288. The molecule has 0 radical (unpaired) electrons. The number of rotatable bonds is 5. The Morgan fingerprint density at radius 1 is 1.11 bits per heavy atom. The molecule has 4 unspecified atom stereocenters. The van der Waals surface area contributed by atoms with E-state index in [4.69, 9.17) is 5.73 Å². The van der Waals surface area contributed by atoms with E-state index in [1.54, 1.807) is 0 Å². The van der Waals surface area contributed by atoms with Crippen LogP contribution in [0.5, 0.6) is 0 Å². The van der Waals surface area contributed by atoms with Crippen LogP contribution < -0.4 is 5.73 Å². The molecule has 19 heavy (non-hydrogen) atoms. The van der Waals surface area contributed by atoms with Crippen molar-refractivity contribution in [3.05, 3.63) is 0 Å². The Morgan fingerprint density at radius 3 is 2.47 bits per heavy atom. The highest BCUT2D eigenvalue weighted by Gasteiger charge is 2.36. The molecule has 112 valence electrons. The summed E-state index contributed by atoms with van der Waals surface area (Å²) in [6.45, 7) is 3.00. The van der Waals surface area contributed by atoms with E-state index in [1.807, 2.05) is 0 Å². The molecule has 2 rings (SSSR count). The van der Waals surface area contributed by atoms with Crippen LogP contribution >= 0.6 is 0 Å². The van der Waals surface area contributed by atoms with Crippen LogP contribution in [0.15, 0.2) is 0 Å². The Hall–Kier alpha value is 0.110. The molecule has 0 heterocycles. The predicted octanol–water partition coefficient (Wildman–Crippen LogP) is 3.61. The summed E-state index contributed by atoms with van der Waals surface area (Å²) < 4.78 is 12.9. The van der Waals surface area contributed by atoms with Crippen LogP contribution in [0.2, 0.25) is 0 Å². The first-order valence-electron chi connectivity index (χ1n) is 8.35. The van der Waals surface area contributed by atoms with Gasteiger partial charge in [-0.2, -0.15) is 0 Å². The van der Waals surface area contributed by atoms with Crippen LogP contribution in [0.25, 0.3) is 0 Å². The molecule has 0 amide bonds. The van der Waals surface area contributed by atoms with Gasteiger partial charge in [0.05, 0.1) is 0 Å². The van der Waals surface area contributed by atoms with Crippen molar-refractivity contribution in [3.8, 4) is 0 Å². The van der Waals surface area contributed by atoms with E-state index < -0.39 is 10.8 Å². The molecular weight excluding hydrogens is 254 g/mol. The molecule has 0 aromatic carbocycles. The van der Waals surface area contributed by atoms with Gasteiger partial charge >= 0.3 is 0 Å². The Labute approximate surface area is 121 Å². The highest BCUT2D eigenvalue weighted by molar-refractivity contribution is 7.86. The number of hydrogen-bond acceptors (Lipinski definition) is 2. The van der Waals surface area contributed by atoms with Gasteiger partial charge < -0.3 is 5.73 Å². The molecule has 0 saturated heterocycles. The molecule has 4 atom stereocenters. The second kappa shape index (κ2) is 7.78. The summed E-state index contributed by atoms with van der Waals surface area (Å²) in [7, 11) is -0.627. The largest absolute Gasteiger partial charge is 0.330 e. The molecular formula is C16H31NOS. The average Bonchev–Trinajstić information content (AvgIpc) is 2.47. The number of nitrogens with two attached hydrogens (primary N) is 1. The van der Waals surface area contributed by atoms with Crippen LogP contribution in [0, 0.1) is 11.8 Å². The fraction of sp³-hybridized carbons (Fsp3) is 1.00. The van der Waals surface area contributed by atoms with Gasteiger partial charge in [-0.25, -0.2) is 0 Å². The van der Waals surface area contributed by atoms with Crippen LogP contribution in [0.3, 0.4) is 0 Å². The fourth-order valence-corrected chi connectivity index (χ4v) is 6.42. The van der Waals surface area contributed by atoms with Crippen molar-refractivity contribution in [1.82, 2.24) is 0 Å². The third-order valence-corrected chi connectivity index (χ3v) is 7.52. The van der Waals surface area contributed by atoms with Gasteiger partial charge in [0.1, 0.15) is 0 Å². The zero-order valence-corrected chi connectivity index (χ0v) is 13.3.